The molecule has 0 aliphatic carbocycles. The summed E-state index contributed by atoms with van der Waals surface area (Å²) in [5.74, 6) is -0.911. The van der Waals surface area contributed by atoms with Crippen LogP contribution in [0.2, 0.25) is 0 Å². The lowest BCUT2D eigenvalue weighted by atomic mass is 10.2. The molecule has 3 N–H and O–H groups in total. The molecule has 5 nitrogen and oxygen atoms in total. The summed E-state index contributed by atoms with van der Waals surface area (Å²) in [6, 6.07) is -0.747. The van der Waals surface area contributed by atoms with Crippen LogP contribution < -0.4 is 5.73 Å². The molecule has 1 aliphatic heterocycles. The molecule has 1 unspecified atom stereocenters. The largest absolute Gasteiger partial charge is 0.480 e. The van der Waals surface area contributed by atoms with Crippen LogP contribution in [0.1, 0.15) is 13.3 Å². The van der Waals surface area contributed by atoms with Gasteiger partial charge in [-0.2, -0.15) is 0 Å². The second-order valence-corrected chi connectivity index (χ2v) is 4.09. The Bertz CT molecular complexity index is 203. The number of nitrogens with zero attached hydrogens (tertiary/aromatic N) is 2. The minimum atomic E-state index is -0.911. The quantitative estimate of drug-likeness (QED) is 0.642. The molecule has 0 radical (unpaired) electrons. The van der Waals surface area contributed by atoms with Gasteiger partial charge in [0.15, 0.2) is 0 Å². The summed E-state index contributed by atoms with van der Waals surface area (Å²) in [7, 11) is 0. The molecule has 1 saturated heterocycles. The summed E-state index contributed by atoms with van der Waals surface area (Å²) in [5, 5.41) is 8.69. The number of carboxylic acid groups (broad SMARTS) is 1. The average molecular weight is 215 g/mol. The van der Waals surface area contributed by atoms with Crippen LogP contribution in [0.3, 0.4) is 0 Å². The van der Waals surface area contributed by atoms with Crippen molar-refractivity contribution >= 4 is 5.97 Å². The first-order chi connectivity index (χ1) is 7.13. The molecule has 0 saturated carbocycles. The molecule has 0 spiro atoms. The number of carbonyl (C=O) groups is 1. The van der Waals surface area contributed by atoms with Crippen LogP contribution in [0.4, 0.5) is 0 Å². The van der Waals surface area contributed by atoms with Crippen molar-refractivity contribution in [2.24, 2.45) is 5.73 Å². The van der Waals surface area contributed by atoms with Crippen molar-refractivity contribution < 1.29 is 9.90 Å². The summed E-state index contributed by atoms with van der Waals surface area (Å²) >= 11 is 0. The van der Waals surface area contributed by atoms with Gasteiger partial charge >= 0.3 is 5.97 Å². The van der Waals surface area contributed by atoms with Gasteiger partial charge < -0.3 is 15.7 Å². The maximum absolute atomic E-state index is 10.6. The van der Waals surface area contributed by atoms with Crippen LogP contribution in [0.25, 0.3) is 0 Å². The monoisotopic (exact) mass is 215 g/mol. The van der Waals surface area contributed by atoms with E-state index in [1.165, 1.54) is 6.42 Å². The Morgan fingerprint density at radius 3 is 2.33 bits per heavy atom. The zero-order valence-electron chi connectivity index (χ0n) is 9.35. The summed E-state index contributed by atoms with van der Waals surface area (Å²) in [5.41, 5.74) is 5.49. The highest BCUT2D eigenvalue weighted by Crippen LogP contribution is 2.02. The smallest absolute Gasteiger partial charge is 0.321 e. The maximum Gasteiger partial charge on any atom is 0.321 e. The molecule has 0 bridgehead atoms. The second-order valence-electron chi connectivity index (χ2n) is 4.09. The SMILES string of the molecule is CCCN1CCN(CC(N)C(=O)O)CC1. The van der Waals surface area contributed by atoms with Crippen molar-refractivity contribution in [3.8, 4) is 0 Å². The van der Waals surface area contributed by atoms with E-state index in [0.29, 0.717) is 6.54 Å². The van der Waals surface area contributed by atoms with Crippen LogP contribution in [-0.4, -0.2) is 66.2 Å². The number of rotatable bonds is 5. The molecular formula is C10H21N3O2. The van der Waals surface area contributed by atoms with Crippen molar-refractivity contribution in [3.05, 3.63) is 0 Å². The van der Waals surface area contributed by atoms with Crippen LogP contribution in [0.15, 0.2) is 0 Å². The summed E-state index contributed by atoms with van der Waals surface area (Å²) in [4.78, 5) is 15.1. The van der Waals surface area contributed by atoms with E-state index < -0.39 is 12.0 Å². The molecular weight excluding hydrogens is 194 g/mol. The van der Waals surface area contributed by atoms with Gasteiger partial charge in [-0.25, -0.2) is 0 Å². The Balaban J connectivity index is 2.22. The van der Waals surface area contributed by atoms with Crippen molar-refractivity contribution in [2.45, 2.75) is 19.4 Å². The van der Waals surface area contributed by atoms with E-state index in [1.807, 2.05) is 0 Å². The van der Waals surface area contributed by atoms with Gasteiger partial charge in [-0.1, -0.05) is 6.92 Å². The Labute approximate surface area is 90.8 Å². The van der Waals surface area contributed by atoms with Gasteiger partial charge in [0.25, 0.3) is 0 Å². The van der Waals surface area contributed by atoms with Gasteiger partial charge in [-0.3, -0.25) is 9.69 Å². The molecule has 1 rings (SSSR count). The van der Waals surface area contributed by atoms with E-state index in [0.717, 1.165) is 32.7 Å². The van der Waals surface area contributed by atoms with Gasteiger partial charge in [0, 0.05) is 32.7 Å². The Morgan fingerprint density at radius 2 is 1.87 bits per heavy atom. The number of nitrogens with two attached hydrogens (primary N) is 1. The molecule has 15 heavy (non-hydrogen) atoms. The van der Waals surface area contributed by atoms with Crippen molar-refractivity contribution in [1.82, 2.24) is 9.80 Å². The minimum Gasteiger partial charge on any atom is -0.480 e. The molecule has 0 amide bonds. The number of hydrogen-bond acceptors (Lipinski definition) is 4. The van der Waals surface area contributed by atoms with E-state index in [4.69, 9.17) is 10.8 Å². The molecule has 1 fully saturated rings. The second kappa shape index (κ2) is 6.05. The first kappa shape index (κ1) is 12.4. The van der Waals surface area contributed by atoms with Crippen molar-refractivity contribution in [1.29, 1.82) is 0 Å². The summed E-state index contributed by atoms with van der Waals surface area (Å²) < 4.78 is 0. The lowest BCUT2D eigenvalue weighted by molar-refractivity contribution is -0.139. The third kappa shape index (κ3) is 4.15. The normalized spacial score (nSPS) is 21.5. The fourth-order valence-corrected chi connectivity index (χ4v) is 1.87. The van der Waals surface area contributed by atoms with Gasteiger partial charge in [-0.15, -0.1) is 0 Å². The fraction of sp³-hybridized carbons (Fsp3) is 0.900. The predicted octanol–water partition coefficient (Wildman–Crippen LogP) is -0.574. The number of aliphatic carboxylic acids is 1. The average Bonchev–Trinajstić information content (AvgIpc) is 2.21. The van der Waals surface area contributed by atoms with Crippen molar-refractivity contribution in [2.75, 3.05) is 39.3 Å². The third-order valence-electron chi connectivity index (χ3n) is 2.78. The molecule has 1 aliphatic rings. The van der Waals surface area contributed by atoms with Gasteiger partial charge in [0.1, 0.15) is 6.04 Å². The Hall–Kier alpha value is -0.650. The zero-order chi connectivity index (χ0) is 11.3. The van der Waals surface area contributed by atoms with Crippen LogP contribution in [0.5, 0.6) is 0 Å². The van der Waals surface area contributed by atoms with E-state index in [1.54, 1.807) is 0 Å². The number of carboxylic acids is 1. The minimum absolute atomic E-state index is 0.468. The predicted molar refractivity (Wildman–Crippen MR) is 58.8 cm³/mol. The van der Waals surface area contributed by atoms with Gasteiger partial charge in [0.2, 0.25) is 0 Å². The molecule has 0 aromatic rings. The first-order valence-corrected chi connectivity index (χ1v) is 5.56. The van der Waals surface area contributed by atoms with E-state index in [2.05, 4.69) is 16.7 Å². The van der Waals surface area contributed by atoms with E-state index >= 15 is 0 Å². The van der Waals surface area contributed by atoms with E-state index in [-0.39, 0.29) is 0 Å². The molecule has 1 heterocycles. The fourth-order valence-electron chi connectivity index (χ4n) is 1.87. The topological polar surface area (TPSA) is 69.8 Å². The molecule has 1 atom stereocenters. The van der Waals surface area contributed by atoms with Crippen LogP contribution >= 0.6 is 0 Å². The van der Waals surface area contributed by atoms with Gasteiger partial charge in [0.05, 0.1) is 0 Å². The van der Waals surface area contributed by atoms with Gasteiger partial charge in [-0.05, 0) is 13.0 Å². The highest BCUT2D eigenvalue weighted by molar-refractivity contribution is 5.73. The number of piperazine rings is 1. The lowest BCUT2D eigenvalue weighted by Crippen LogP contribution is -2.51. The summed E-state index contributed by atoms with van der Waals surface area (Å²) in [6.45, 7) is 7.70. The third-order valence-corrected chi connectivity index (χ3v) is 2.78. The molecule has 88 valence electrons. The summed E-state index contributed by atoms with van der Waals surface area (Å²) in [6.07, 6.45) is 1.18. The molecule has 0 aromatic heterocycles. The van der Waals surface area contributed by atoms with Crippen LogP contribution in [-0.2, 0) is 4.79 Å². The highest BCUT2D eigenvalue weighted by Gasteiger charge is 2.20. The standard InChI is InChI=1S/C10H21N3O2/c1-2-3-12-4-6-13(7-5-12)8-9(11)10(14)15/h9H,2-8,11H2,1H3,(H,14,15). The van der Waals surface area contributed by atoms with E-state index in [9.17, 15) is 4.79 Å². The Kier molecular flexibility index (Phi) is 5.01. The zero-order valence-corrected chi connectivity index (χ0v) is 9.35. The molecule has 5 heteroatoms. The lowest BCUT2D eigenvalue weighted by Gasteiger charge is -2.35. The Morgan fingerprint density at radius 1 is 1.33 bits per heavy atom. The maximum atomic E-state index is 10.6. The molecule has 0 aromatic carbocycles. The van der Waals surface area contributed by atoms with Crippen LogP contribution in [0, 0.1) is 0 Å². The number of hydrogen-bond donors (Lipinski definition) is 2. The highest BCUT2D eigenvalue weighted by atomic mass is 16.4. The first-order valence-electron chi connectivity index (χ1n) is 5.56. The van der Waals surface area contributed by atoms with Crippen molar-refractivity contribution in [3.63, 3.8) is 0 Å².